The number of anilines is 1. The lowest BCUT2D eigenvalue weighted by atomic mass is 10.2. The Morgan fingerprint density at radius 2 is 2.00 bits per heavy atom. The van der Waals surface area contributed by atoms with Crippen LogP contribution in [0.15, 0.2) is 24.3 Å². The fourth-order valence-electron chi connectivity index (χ4n) is 1.16. The number of aromatic hydroxyl groups is 1. The van der Waals surface area contributed by atoms with E-state index in [0.29, 0.717) is 0 Å². The Morgan fingerprint density at radius 1 is 1.43 bits per heavy atom. The van der Waals surface area contributed by atoms with Gasteiger partial charge in [-0.25, -0.2) is 0 Å². The number of benzene rings is 1. The van der Waals surface area contributed by atoms with Crippen LogP contribution in [0.2, 0.25) is 0 Å². The van der Waals surface area contributed by atoms with Gasteiger partial charge in [0.05, 0.1) is 6.42 Å². The molecule has 0 aliphatic rings. The van der Waals surface area contributed by atoms with Crippen molar-refractivity contribution in [3.05, 3.63) is 24.3 Å². The summed E-state index contributed by atoms with van der Waals surface area (Å²) in [6.07, 6.45) is 0.0703. The molecule has 3 N–H and O–H groups in total. The molecule has 1 unspecified atom stereocenters. The second kappa shape index (κ2) is 4.50. The van der Waals surface area contributed by atoms with Crippen molar-refractivity contribution in [2.45, 2.75) is 19.4 Å². The van der Waals surface area contributed by atoms with Gasteiger partial charge in [0.25, 0.3) is 0 Å². The summed E-state index contributed by atoms with van der Waals surface area (Å²) in [5.74, 6) is -0.634. The first-order chi connectivity index (χ1) is 6.58. The van der Waals surface area contributed by atoms with Gasteiger partial charge >= 0.3 is 5.97 Å². The molecular weight excluding hydrogens is 182 g/mol. The fourth-order valence-corrected chi connectivity index (χ4v) is 1.16. The number of hydrogen-bond donors (Lipinski definition) is 3. The number of carbonyl (C=O) groups is 1. The maximum Gasteiger partial charge on any atom is 0.305 e. The smallest absolute Gasteiger partial charge is 0.305 e. The fraction of sp³-hybridized carbons (Fsp3) is 0.300. The Kier molecular flexibility index (Phi) is 3.34. The van der Waals surface area contributed by atoms with E-state index in [1.54, 1.807) is 31.2 Å². The van der Waals surface area contributed by atoms with E-state index in [-0.39, 0.29) is 18.2 Å². The van der Waals surface area contributed by atoms with E-state index in [1.807, 2.05) is 0 Å². The largest absolute Gasteiger partial charge is 0.508 e. The molecule has 14 heavy (non-hydrogen) atoms. The quantitative estimate of drug-likeness (QED) is 0.639. The normalized spacial score (nSPS) is 12.1. The first kappa shape index (κ1) is 10.4. The number of rotatable bonds is 4. The molecule has 76 valence electrons. The van der Waals surface area contributed by atoms with Crippen LogP contribution in [-0.4, -0.2) is 22.2 Å². The van der Waals surface area contributed by atoms with E-state index < -0.39 is 5.97 Å². The van der Waals surface area contributed by atoms with Crippen molar-refractivity contribution in [3.63, 3.8) is 0 Å². The summed E-state index contributed by atoms with van der Waals surface area (Å²) in [6.45, 7) is 1.79. The van der Waals surface area contributed by atoms with Crippen molar-refractivity contribution in [1.82, 2.24) is 0 Å². The molecule has 4 nitrogen and oxygen atoms in total. The molecule has 0 aliphatic carbocycles. The number of phenolic OH excluding ortho intramolecular Hbond substituents is 1. The number of phenols is 1. The van der Waals surface area contributed by atoms with Crippen LogP contribution in [0.4, 0.5) is 5.69 Å². The average molecular weight is 195 g/mol. The Bertz CT molecular complexity index is 308. The summed E-state index contributed by atoms with van der Waals surface area (Å²) < 4.78 is 0. The molecule has 1 aromatic carbocycles. The molecule has 1 atom stereocenters. The van der Waals surface area contributed by atoms with E-state index in [4.69, 9.17) is 10.2 Å². The van der Waals surface area contributed by atoms with Crippen LogP contribution in [0.3, 0.4) is 0 Å². The van der Waals surface area contributed by atoms with Gasteiger partial charge in [0.1, 0.15) is 5.75 Å². The Hall–Kier alpha value is -1.71. The van der Waals surface area contributed by atoms with Crippen LogP contribution < -0.4 is 5.32 Å². The highest BCUT2D eigenvalue weighted by atomic mass is 16.4. The van der Waals surface area contributed by atoms with E-state index in [1.165, 1.54) is 0 Å². The third-order valence-electron chi connectivity index (χ3n) is 1.76. The van der Waals surface area contributed by atoms with Crippen LogP contribution in [0.5, 0.6) is 5.75 Å². The average Bonchev–Trinajstić information content (AvgIpc) is 2.07. The predicted octanol–water partition coefficient (Wildman–Crippen LogP) is 1.67. The third kappa shape index (κ3) is 3.35. The first-order valence-electron chi connectivity index (χ1n) is 4.35. The molecule has 0 spiro atoms. The number of carboxylic acid groups (broad SMARTS) is 1. The zero-order chi connectivity index (χ0) is 10.6. The van der Waals surface area contributed by atoms with Gasteiger partial charge in [-0.15, -0.1) is 0 Å². The molecule has 0 aliphatic heterocycles. The van der Waals surface area contributed by atoms with Crippen molar-refractivity contribution in [2.75, 3.05) is 5.32 Å². The molecule has 4 heteroatoms. The molecule has 0 aromatic heterocycles. The van der Waals surface area contributed by atoms with Crippen molar-refractivity contribution < 1.29 is 15.0 Å². The zero-order valence-electron chi connectivity index (χ0n) is 7.90. The lowest BCUT2D eigenvalue weighted by Crippen LogP contribution is -2.19. The van der Waals surface area contributed by atoms with Crippen LogP contribution in [0.25, 0.3) is 0 Å². The van der Waals surface area contributed by atoms with Gasteiger partial charge in [-0.3, -0.25) is 4.79 Å². The summed E-state index contributed by atoms with van der Waals surface area (Å²) in [7, 11) is 0. The molecular formula is C10H13NO3. The molecule has 0 amide bonds. The van der Waals surface area contributed by atoms with E-state index in [2.05, 4.69) is 5.32 Å². The van der Waals surface area contributed by atoms with Crippen molar-refractivity contribution in [2.24, 2.45) is 0 Å². The lowest BCUT2D eigenvalue weighted by molar-refractivity contribution is -0.137. The topological polar surface area (TPSA) is 69.6 Å². The molecule has 0 saturated carbocycles. The molecule has 1 aromatic rings. The first-order valence-corrected chi connectivity index (χ1v) is 4.35. The van der Waals surface area contributed by atoms with Crippen molar-refractivity contribution in [3.8, 4) is 5.75 Å². The van der Waals surface area contributed by atoms with Crippen molar-refractivity contribution >= 4 is 11.7 Å². The lowest BCUT2D eigenvalue weighted by Gasteiger charge is -2.12. The van der Waals surface area contributed by atoms with Crippen LogP contribution >= 0.6 is 0 Å². The van der Waals surface area contributed by atoms with E-state index >= 15 is 0 Å². The van der Waals surface area contributed by atoms with Gasteiger partial charge < -0.3 is 15.5 Å². The molecule has 0 saturated heterocycles. The number of nitrogens with one attached hydrogen (secondary N) is 1. The summed E-state index contributed by atoms with van der Waals surface area (Å²) in [6, 6.07) is 6.38. The minimum absolute atomic E-state index is 0.0703. The molecule has 0 heterocycles. The zero-order valence-corrected chi connectivity index (χ0v) is 7.90. The molecule has 1 rings (SSSR count). The van der Waals surface area contributed by atoms with Gasteiger partial charge in [-0.1, -0.05) is 0 Å². The standard InChI is InChI=1S/C10H13NO3/c1-7(6-10(13)14)11-8-2-4-9(12)5-3-8/h2-5,7,11-12H,6H2,1H3,(H,13,14). The SMILES string of the molecule is CC(CC(=O)O)Nc1ccc(O)cc1. The number of hydrogen-bond acceptors (Lipinski definition) is 3. The van der Waals surface area contributed by atoms with Crippen molar-refractivity contribution in [1.29, 1.82) is 0 Å². The second-order valence-electron chi connectivity index (χ2n) is 3.19. The van der Waals surface area contributed by atoms with Crippen LogP contribution in [-0.2, 0) is 4.79 Å². The van der Waals surface area contributed by atoms with Gasteiger partial charge in [-0.05, 0) is 31.2 Å². The highest BCUT2D eigenvalue weighted by Gasteiger charge is 2.06. The molecule has 0 bridgehead atoms. The Labute approximate surface area is 82.2 Å². The summed E-state index contributed by atoms with van der Waals surface area (Å²) in [4.78, 5) is 10.4. The summed E-state index contributed by atoms with van der Waals surface area (Å²) in [5, 5.41) is 20.5. The van der Waals surface area contributed by atoms with Gasteiger partial charge in [0.15, 0.2) is 0 Å². The summed E-state index contributed by atoms with van der Waals surface area (Å²) >= 11 is 0. The summed E-state index contributed by atoms with van der Waals surface area (Å²) in [5.41, 5.74) is 0.802. The van der Waals surface area contributed by atoms with Gasteiger partial charge in [0, 0.05) is 11.7 Å². The van der Waals surface area contributed by atoms with Gasteiger partial charge in [-0.2, -0.15) is 0 Å². The second-order valence-corrected chi connectivity index (χ2v) is 3.19. The third-order valence-corrected chi connectivity index (χ3v) is 1.76. The molecule has 0 fully saturated rings. The Balaban J connectivity index is 2.51. The van der Waals surface area contributed by atoms with Crippen LogP contribution in [0.1, 0.15) is 13.3 Å². The maximum atomic E-state index is 10.4. The van der Waals surface area contributed by atoms with E-state index in [0.717, 1.165) is 5.69 Å². The van der Waals surface area contributed by atoms with E-state index in [9.17, 15) is 4.79 Å². The number of aliphatic carboxylic acids is 1. The molecule has 0 radical (unpaired) electrons. The number of carboxylic acids is 1. The highest BCUT2D eigenvalue weighted by Crippen LogP contribution is 2.15. The van der Waals surface area contributed by atoms with Gasteiger partial charge in [0.2, 0.25) is 0 Å². The highest BCUT2D eigenvalue weighted by molar-refractivity contribution is 5.68. The maximum absolute atomic E-state index is 10.4. The Morgan fingerprint density at radius 3 is 2.50 bits per heavy atom. The minimum Gasteiger partial charge on any atom is -0.508 e. The van der Waals surface area contributed by atoms with Crippen LogP contribution in [0, 0.1) is 0 Å². The predicted molar refractivity (Wildman–Crippen MR) is 53.4 cm³/mol. The monoisotopic (exact) mass is 195 g/mol. The minimum atomic E-state index is -0.830.